The number of phenols is 1. The van der Waals surface area contributed by atoms with Gasteiger partial charge < -0.3 is 33.7 Å². The van der Waals surface area contributed by atoms with Crippen molar-refractivity contribution in [2.45, 2.75) is 78.9 Å². The number of benzene rings is 2. The fraction of sp³-hybridized carbons (Fsp3) is 0.500. The van der Waals surface area contributed by atoms with E-state index in [-0.39, 0.29) is 55.8 Å². The second-order valence-corrected chi connectivity index (χ2v) is 13.2. The standard InChI is InChI=1S/C38H49NO11/c1-8-11-34(42)49-23-38(4,5)35(43)36(44)39-17-10-9-12-29(39)37(45)50-31(15-13-25-14-16-32(46-6)33(18-25)47-7)26-19-27(40)21-28(20-26)48-22-30(41)24(2)3/h8,11,14,16,18-21,24,29,31,40H,9-10,12-13,15,17,22-23H2,1-7H3/b11-8-/t29-,31+/m0/s1. The predicted molar refractivity (Wildman–Crippen MR) is 184 cm³/mol. The lowest BCUT2D eigenvalue weighted by atomic mass is 9.87. The zero-order chi connectivity index (χ0) is 37.0. The predicted octanol–water partition coefficient (Wildman–Crippen LogP) is 5.33. The first-order chi connectivity index (χ1) is 23.7. The third kappa shape index (κ3) is 10.8. The molecule has 0 radical (unpaired) electrons. The minimum atomic E-state index is -1.34. The van der Waals surface area contributed by atoms with Crippen molar-refractivity contribution in [2.75, 3.05) is 34.0 Å². The van der Waals surface area contributed by atoms with Crippen molar-refractivity contribution >= 4 is 29.4 Å². The van der Waals surface area contributed by atoms with E-state index in [1.165, 1.54) is 57.3 Å². The zero-order valence-corrected chi connectivity index (χ0v) is 30.0. The molecule has 1 heterocycles. The molecule has 1 aliphatic rings. The number of allylic oxidation sites excluding steroid dienone is 1. The number of ketones is 2. The minimum absolute atomic E-state index is 0.123. The average Bonchev–Trinajstić information content (AvgIpc) is 3.10. The number of nitrogens with zero attached hydrogens (tertiary/aromatic N) is 1. The van der Waals surface area contributed by atoms with Gasteiger partial charge in [-0.1, -0.05) is 26.0 Å². The maximum Gasteiger partial charge on any atom is 0.330 e. The van der Waals surface area contributed by atoms with E-state index in [2.05, 4.69) is 0 Å². The Kier molecular flexibility index (Phi) is 14.4. The SMILES string of the molecule is C/C=C\C(=O)OCC(C)(C)C(=O)C(=O)N1CCCC[C@H]1C(=O)O[C@H](CCc1ccc(OC)c(OC)c1)c1cc(O)cc(OCC(=O)C(C)C)c1. The molecule has 0 saturated carbocycles. The molecule has 2 atom stereocenters. The average molecular weight is 696 g/mol. The number of piperidine rings is 1. The number of carbonyl (C=O) groups is 5. The Morgan fingerprint density at radius 1 is 1.00 bits per heavy atom. The number of methoxy groups -OCH3 is 2. The summed E-state index contributed by atoms with van der Waals surface area (Å²) in [5, 5.41) is 10.6. The largest absolute Gasteiger partial charge is 0.508 e. The number of phenolic OH excluding ortho intramolecular Hbond substituents is 1. The number of carbonyl (C=O) groups excluding carboxylic acids is 5. The van der Waals surface area contributed by atoms with Gasteiger partial charge in [-0.3, -0.25) is 14.4 Å². The van der Waals surface area contributed by atoms with Gasteiger partial charge in [0.05, 0.1) is 19.6 Å². The van der Waals surface area contributed by atoms with E-state index in [0.29, 0.717) is 36.3 Å². The summed E-state index contributed by atoms with van der Waals surface area (Å²) >= 11 is 0. The Balaban J connectivity index is 1.89. The number of esters is 2. The van der Waals surface area contributed by atoms with E-state index in [1.54, 1.807) is 32.9 Å². The summed E-state index contributed by atoms with van der Waals surface area (Å²) in [4.78, 5) is 66.2. The van der Waals surface area contributed by atoms with Crippen molar-refractivity contribution in [1.29, 1.82) is 0 Å². The Morgan fingerprint density at radius 2 is 1.72 bits per heavy atom. The highest BCUT2D eigenvalue weighted by Gasteiger charge is 2.42. The smallest absolute Gasteiger partial charge is 0.330 e. The molecule has 2 aromatic rings. The fourth-order valence-corrected chi connectivity index (χ4v) is 5.38. The molecule has 0 unspecified atom stereocenters. The molecule has 0 bridgehead atoms. The van der Waals surface area contributed by atoms with Crippen LogP contribution in [0, 0.1) is 11.3 Å². The van der Waals surface area contributed by atoms with Gasteiger partial charge in [0.1, 0.15) is 36.9 Å². The number of ether oxygens (including phenoxy) is 5. The first kappa shape index (κ1) is 39.6. The molecular weight excluding hydrogens is 646 g/mol. The maximum atomic E-state index is 13.9. The molecule has 1 saturated heterocycles. The number of hydrogen-bond donors (Lipinski definition) is 1. The third-order valence-corrected chi connectivity index (χ3v) is 8.43. The van der Waals surface area contributed by atoms with Crippen LogP contribution in [0.1, 0.15) is 77.5 Å². The lowest BCUT2D eigenvalue weighted by Crippen LogP contribution is -2.53. The third-order valence-electron chi connectivity index (χ3n) is 8.43. The van der Waals surface area contributed by atoms with Crippen molar-refractivity contribution in [1.82, 2.24) is 4.90 Å². The first-order valence-electron chi connectivity index (χ1n) is 16.8. The van der Waals surface area contributed by atoms with Crippen molar-refractivity contribution in [3.05, 3.63) is 59.7 Å². The van der Waals surface area contributed by atoms with Gasteiger partial charge in [-0.25, -0.2) is 9.59 Å². The van der Waals surface area contributed by atoms with Gasteiger partial charge in [0, 0.05) is 24.6 Å². The van der Waals surface area contributed by atoms with Gasteiger partial charge in [0.2, 0.25) is 5.78 Å². The molecular formula is C38H49NO11. The molecule has 12 heteroatoms. The molecule has 50 heavy (non-hydrogen) atoms. The van der Waals surface area contributed by atoms with E-state index in [4.69, 9.17) is 23.7 Å². The van der Waals surface area contributed by atoms with Crippen LogP contribution < -0.4 is 14.2 Å². The summed E-state index contributed by atoms with van der Waals surface area (Å²) in [6, 6.07) is 8.83. The number of amides is 1. The van der Waals surface area contributed by atoms with Gasteiger partial charge in [0.25, 0.3) is 5.91 Å². The number of Topliss-reactive ketones (excluding diaryl/α,β-unsaturated/α-hetero) is 2. The number of rotatable bonds is 17. The molecule has 3 rings (SSSR count). The Morgan fingerprint density at radius 3 is 2.38 bits per heavy atom. The highest BCUT2D eigenvalue weighted by molar-refractivity contribution is 6.38. The number of hydrogen-bond acceptors (Lipinski definition) is 11. The zero-order valence-electron chi connectivity index (χ0n) is 30.0. The van der Waals surface area contributed by atoms with Gasteiger partial charge in [-0.15, -0.1) is 0 Å². The molecule has 272 valence electrons. The van der Waals surface area contributed by atoms with E-state index in [0.717, 1.165) is 5.56 Å². The van der Waals surface area contributed by atoms with Crippen LogP contribution >= 0.6 is 0 Å². The highest BCUT2D eigenvalue weighted by Crippen LogP contribution is 2.34. The summed E-state index contributed by atoms with van der Waals surface area (Å²) in [5.74, 6) is -2.20. The topological polar surface area (TPSA) is 155 Å². The van der Waals surface area contributed by atoms with Crippen LogP contribution in [0.25, 0.3) is 0 Å². The fourth-order valence-electron chi connectivity index (χ4n) is 5.38. The van der Waals surface area contributed by atoms with Crippen LogP contribution in [0.15, 0.2) is 48.6 Å². The number of likely N-dealkylation sites (tertiary alicyclic amines) is 1. The molecule has 1 aliphatic heterocycles. The molecule has 0 spiro atoms. The molecule has 1 N–H and O–H groups in total. The summed E-state index contributed by atoms with van der Waals surface area (Å²) in [5.41, 5.74) is -0.0585. The second kappa shape index (κ2) is 18.2. The summed E-state index contributed by atoms with van der Waals surface area (Å²) in [7, 11) is 3.07. The Hall–Kier alpha value is -4.87. The molecule has 0 aromatic heterocycles. The van der Waals surface area contributed by atoms with Crippen molar-refractivity contribution in [2.24, 2.45) is 11.3 Å². The number of aryl methyl sites for hydroxylation is 1. The number of aromatic hydroxyl groups is 1. The summed E-state index contributed by atoms with van der Waals surface area (Å²) in [6.07, 6.45) is 3.99. The molecule has 12 nitrogen and oxygen atoms in total. The summed E-state index contributed by atoms with van der Waals surface area (Å²) < 4.78 is 27.8. The normalized spacial score (nSPS) is 15.4. The van der Waals surface area contributed by atoms with E-state index < -0.39 is 41.2 Å². The minimum Gasteiger partial charge on any atom is -0.508 e. The van der Waals surface area contributed by atoms with Crippen LogP contribution in [-0.4, -0.2) is 79.4 Å². The molecule has 2 aromatic carbocycles. The van der Waals surface area contributed by atoms with Gasteiger partial charge >= 0.3 is 11.9 Å². The van der Waals surface area contributed by atoms with E-state index in [9.17, 15) is 29.1 Å². The first-order valence-corrected chi connectivity index (χ1v) is 16.8. The lowest BCUT2D eigenvalue weighted by molar-refractivity contribution is -0.165. The van der Waals surface area contributed by atoms with Crippen LogP contribution in [0.4, 0.5) is 0 Å². The molecule has 1 amide bonds. The van der Waals surface area contributed by atoms with Gasteiger partial charge in [0.15, 0.2) is 17.3 Å². The van der Waals surface area contributed by atoms with Gasteiger partial charge in [-0.05, 0) is 88.3 Å². The Bertz CT molecular complexity index is 1560. The van der Waals surface area contributed by atoms with Crippen LogP contribution in [0.3, 0.4) is 0 Å². The quantitative estimate of drug-likeness (QED) is 0.130. The van der Waals surface area contributed by atoms with Crippen LogP contribution in [-0.2, 0) is 39.9 Å². The Labute approximate surface area is 293 Å². The highest BCUT2D eigenvalue weighted by atomic mass is 16.5. The molecule has 1 fully saturated rings. The van der Waals surface area contributed by atoms with E-state index in [1.807, 2.05) is 12.1 Å². The van der Waals surface area contributed by atoms with E-state index >= 15 is 0 Å². The summed E-state index contributed by atoms with van der Waals surface area (Å²) in [6.45, 7) is 7.85. The van der Waals surface area contributed by atoms with Gasteiger partial charge in [-0.2, -0.15) is 0 Å². The van der Waals surface area contributed by atoms with Crippen LogP contribution in [0.5, 0.6) is 23.0 Å². The lowest BCUT2D eigenvalue weighted by Gasteiger charge is -2.36. The molecule has 0 aliphatic carbocycles. The monoisotopic (exact) mass is 695 g/mol. The van der Waals surface area contributed by atoms with Crippen LogP contribution in [0.2, 0.25) is 0 Å². The second-order valence-electron chi connectivity index (χ2n) is 13.2. The van der Waals surface area contributed by atoms with Crippen molar-refractivity contribution in [3.8, 4) is 23.0 Å². The maximum absolute atomic E-state index is 13.9. The van der Waals surface area contributed by atoms with Crippen molar-refractivity contribution in [3.63, 3.8) is 0 Å². The van der Waals surface area contributed by atoms with Crippen molar-refractivity contribution < 1.29 is 52.8 Å².